The Hall–Kier alpha value is -4.45. The van der Waals surface area contributed by atoms with Crippen LogP contribution in [0.1, 0.15) is 33.6 Å². The molecule has 11 nitrogen and oxygen atoms in total. The Kier molecular flexibility index (Phi) is 5.17. The molecular formula is C23H18N6O5S. The molecule has 1 atom stereocenters. The summed E-state index contributed by atoms with van der Waals surface area (Å²) in [6.45, 7) is 5.33. The molecule has 1 amide bonds. The number of aromatic nitrogens is 4. The van der Waals surface area contributed by atoms with E-state index in [0.29, 0.717) is 21.9 Å². The van der Waals surface area contributed by atoms with Gasteiger partial charge in [-0.2, -0.15) is 0 Å². The number of amides is 1. The van der Waals surface area contributed by atoms with E-state index >= 15 is 0 Å². The maximum absolute atomic E-state index is 13.3. The van der Waals surface area contributed by atoms with Crippen molar-refractivity contribution in [1.29, 1.82) is 0 Å². The molecule has 0 spiro atoms. The summed E-state index contributed by atoms with van der Waals surface area (Å²) >= 11 is 1.11. The number of ketones is 1. The number of nitrogens with zero attached hydrogens (tertiary/aromatic N) is 6. The number of nitro benzene ring substituents is 1. The Morgan fingerprint density at radius 1 is 1.11 bits per heavy atom. The molecular weight excluding hydrogens is 472 g/mol. The molecule has 5 rings (SSSR count). The van der Waals surface area contributed by atoms with Gasteiger partial charge in [0.2, 0.25) is 5.13 Å². The molecule has 1 N–H and O–H groups in total. The summed E-state index contributed by atoms with van der Waals surface area (Å²) in [7, 11) is 0. The average Bonchev–Trinajstić information content (AvgIpc) is 3.49. The van der Waals surface area contributed by atoms with Crippen molar-refractivity contribution in [1.82, 2.24) is 19.6 Å². The van der Waals surface area contributed by atoms with Crippen molar-refractivity contribution in [2.45, 2.75) is 26.8 Å². The normalized spacial score (nSPS) is 17.5. The van der Waals surface area contributed by atoms with Gasteiger partial charge in [-0.25, -0.2) is 4.98 Å². The van der Waals surface area contributed by atoms with Gasteiger partial charge in [-0.15, -0.1) is 10.2 Å². The smallest absolute Gasteiger partial charge is 0.301 e. The lowest BCUT2D eigenvalue weighted by Crippen LogP contribution is -2.29. The number of imidazole rings is 1. The second kappa shape index (κ2) is 8.09. The third kappa shape index (κ3) is 3.46. The van der Waals surface area contributed by atoms with E-state index in [0.717, 1.165) is 21.8 Å². The molecule has 0 bridgehead atoms. The van der Waals surface area contributed by atoms with Crippen LogP contribution in [0, 0.1) is 30.9 Å². The molecule has 0 radical (unpaired) electrons. The van der Waals surface area contributed by atoms with Gasteiger partial charge in [0, 0.05) is 18.3 Å². The van der Waals surface area contributed by atoms with Crippen molar-refractivity contribution < 1.29 is 19.6 Å². The van der Waals surface area contributed by atoms with Gasteiger partial charge in [-0.3, -0.25) is 24.6 Å². The summed E-state index contributed by atoms with van der Waals surface area (Å²) in [4.78, 5) is 42.7. The maximum atomic E-state index is 13.3. The lowest BCUT2D eigenvalue weighted by atomic mass is 9.96. The predicted octanol–water partition coefficient (Wildman–Crippen LogP) is 3.65. The summed E-state index contributed by atoms with van der Waals surface area (Å²) in [6, 6.07) is 8.09. The van der Waals surface area contributed by atoms with Gasteiger partial charge in [0.25, 0.3) is 11.5 Å². The van der Waals surface area contributed by atoms with E-state index in [1.54, 1.807) is 24.4 Å². The van der Waals surface area contributed by atoms with Gasteiger partial charge in [0.05, 0.1) is 22.2 Å². The van der Waals surface area contributed by atoms with Crippen LogP contribution in [-0.2, 0) is 9.59 Å². The van der Waals surface area contributed by atoms with Crippen molar-refractivity contribution in [3.05, 3.63) is 85.8 Å². The molecule has 3 aromatic heterocycles. The Morgan fingerprint density at radius 2 is 1.83 bits per heavy atom. The zero-order valence-corrected chi connectivity index (χ0v) is 19.6. The topological polar surface area (TPSA) is 144 Å². The minimum absolute atomic E-state index is 0.149. The van der Waals surface area contributed by atoms with E-state index < -0.39 is 28.4 Å². The fraction of sp³-hybridized carbons (Fsp3) is 0.174. The molecule has 12 heteroatoms. The lowest BCUT2D eigenvalue weighted by molar-refractivity contribution is -0.384. The number of aliphatic hydroxyl groups is 1. The van der Waals surface area contributed by atoms with Crippen molar-refractivity contribution in [3.63, 3.8) is 0 Å². The van der Waals surface area contributed by atoms with Crippen molar-refractivity contribution in [2.24, 2.45) is 0 Å². The highest BCUT2D eigenvalue weighted by atomic mass is 32.1. The van der Waals surface area contributed by atoms with Crippen LogP contribution in [0.2, 0.25) is 0 Å². The molecule has 176 valence electrons. The SMILES string of the molecule is Cc1nnc(N2C(=O)C(=O)/C(=C(/O)c3nc4c(C)cccn4c3C)C2c2ccc([N+](=O)[O-])cc2)s1. The molecule has 1 aromatic carbocycles. The molecule has 1 saturated heterocycles. The van der Waals surface area contributed by atoms with Crippen LogP contribution in [0.15, 0.2) is 48.2 Å². The second-order valence-electron chi connectivity index (χ2n) is 8.05. The number of carbonyl (C=O) groups excluding carboxylic acids is 2. The van der Waals surface area contributed by atoms with Crippen LogP contribution >= 0.6 is 11.3 Å². The molecule has 1 fully saturated rings. The Labute approximate surface area is 202 Å². The van der Waals surface area contributed by atoms with E-state index in [-0.39, 0.29) is 22.1 Å². The first-order chi connectivity index (χ1) is 16.7. The van der Waals surface area contributed by atoms with Crippen LogP contribution in [0.25, 0.3) is 11.4 Å². The summed E-state index contributed by atoms with van der Waals surface area (Å²) in [6.07, 6.45) is 1.79. The van der Waals surface area contributed by atoms with Gasteiger partial charge in [0.15, 0.2) is 5.76 Å². The van der Waals surface area contributed by atoms with Crippen molar-refractivity contribution >= 4 is 45.3 Å². The Morgan fingerprint density at radius 3 is 2.43 bits per heavy atom. The largest absolute Gasteiger partial charge is 0.505 e. The van der Waals surface area contributed by atoms with Crippen LogP contribution in [0.3, 0.4) is 0 Å². The third-order valence-corrected chi connectivity index (χ3v) is 6.73. The lowest BCUT2D eigenvalue weighted by Gasteiger charge is -2.22. The standard InChI is InChI=1S/C23H18N6O5S/c1-11-5-4-10-27-12(2)17(24-21(11)27)19(30)16-18(14-6-8-15(9-7-14)29(33)34)28(22(32)20(16)31)23-26-25-13(3)35-23/h4-10,18,30H,1-3H3/b19-16+. The Bertz CT molecular complexity index is 1570. The summed E-state index contributed by atoms with van der Waals surface area (Å²) in [5.74, 6) is -2.23. The number of rotatable bonds is 4. The minimum atomic E-state index is -1.08. The number of anilines is 1. The number of non-ortho nitro benzene ring substituents is 1. The number of Topliss-reactive ketones (excluding diaryl/α,β-unsaturated/α-hetero) is 1. The fourth-order valence-corrected chi connectivity index (χ4v) is 4.90. The fourth-order valence-electron chi connectivity index (χ4n) is 4.18. The van der Waals surface area contributed by atoms with Crippen LogP contribution in [0.4, 0.5) is 10.8 Å². The third-order valence-electron chi connectivity index (χ3n) is 5.89. The van der Waals surface area contributed by atoms with Gasteiger partial charge in [-0.1, -0.05) is 17.4 Å². The number of aryl methyl sites for hydroxylation is 3. The highest BCUT2D eigenvalue weighted by molar-refractivity contribution is 7.15. The van der Waals surface area contributed by atoms with Crippen LogP contribution < -0.4 is 4.90 Å². The monoisotopic (exact) mass is 490 g/mol. The predicted molar refractivity (Wildman–Crippen MR) is 127 cm³/mol. The van der Waals surface area contributed by atoms with E-state index in [1.165, 1.54) is 24.3 Å². The molecule has 1 aliphatic rings. The first-order valence-corrected chi connectivity index (χ1v) is 11.3. The number of aliphatic hydroxyl groups excluding tert-OH is 1. The highest BCUT2D eigenvalue weighted by Gasteiger charge is 2.48. The summed E-state index contributed by atoms with van der Waals surface area (Å²) in [5, 5.41) is 31.3. The quantitative estimate of drug-likeness (QED) is 0.150. The molecule has 0 aliphatic carbocycles. The number of carbonyl (C=O) groups is 2. The molecule has 35 heavy (non-hydrogen) atoms. The highest BCUT2D eigenvalue weighted by Crippen LogP contribution is 2.43. The van der Waals surface area contributed by atoms with Crippen molar-refractivity contribution in [2.75, 3.05) is 4.90 Å². The van der Waals surface area contributed by atoms with E-state index in [9.17, 15) is 24.8 Å². The number of hydrogen-bond donors (Lipinski definition) is 1. The summed E-state index contributed by atoms with van der Waals surface area (Å²) in [5.41, 5.74) is 2.28. The second-order valence-corrected chi connectivity index (χ2v) is 9.21. The first kappa shape index (κ1) is 22.3. The number of fused-ring (bicyclic) bond motifs is 1. The van der Waals surface area contributed by atoms with Gasteiger partial charge >= 0.3 is 5.91 Å². The number of benzene rings is 1. The molecule has 1 aliphatic heterocycles. The molecule has 0 saturated carbocycles. The van der Waals surface area contributed by atoms with Gasteiger partial charge in [0.1, 0.15) is 16.3 Å². The van der Waals surface area contributed by atoms with E-state index in [4.69, 9.17) is 0 Å². The number of nitro groups is 1. The zero-order chi connectivity index (χ0) is 25.0. The van der Waals surface area contributed by atoms with Crippen molar-refractivity contribution in [3.8, 4) is 0 Å². The number of hydrogen-bond acceptors (Lipinski definition) is 9. The first-order valence-electron chi connectivity index (χ1n) is 10.5. The van der Waals surface area contributed by atoms with Gasteiger partial charge < -0.3 is 9.51 Å². The van der Waals surface area contributed by atoms with E-state index in [1.807, 2.05) is 19.1 Å². The zero-order valence-electron chi connectivity index (χ0n) is 18.8. The molecule has 1 unspecified atom stereocenters. The average molecular weight is 491 g/mol. The van der Waals surface area contributed by atoms with Crippen LogP contribution in [-0.4, -0.2) is 41.3 Å². The minimum Gasteiger partial charge on any atom is -0.505 e. The molecule has 4 aromatic rings. The Balaban J connectivity index is 1.75. The summed E-state index contributed by atoms with van der Waals surface area (Å²) < 4.78 is 1.79. The van der Waals surface area contributed by atoms with Crippen LogP contribution in [0.5, 0.6) is 0 Å². The van der Waals surface area contributed by atoms with Gasteiger partial charge in [-0.05, 0) is 50.1 Å². The maximum Gasteiger partial charge on any atom is 0.301 e. The number of pyridine rings is 1. The molecule has 4 heterocycles. The van der Waals surface area contributed by atoms with E-state index in [2.05, 4.69) is 15.2 Å².